The van der Waals surface area contributed by atoms with Crippen molar-refractivity contribution in [1.29, 1.82) is 5.26 Å². The second-order valence-electron chi connectivity index (χ2n) is 4.07. The maximum Gasteiger partial charge on any atom is 0.138 e. The van der Waals surface area contributed by atoms with E-state index in [2.05, 4.69) is 32.3 Å². The fraction of sp³-hybridized carbons (Fsp3) is 0.143. The van der Waals surface area contributed by atoms with Crippen LogP contribution in [0.2, 0.25) is 0 Å². The van der Waals surface area contributed by atoms with E-state index in [1.807, 2.05) is 19.1 Å². The number of nitrogens with one attached hydrogen (secondary N) is 1. The Bertz CT molecular complexity index is 650. The number of aromatic hydroxyl groups is 1. The molecule has 0 fully saturated rings. The van der Waals surface area contributed by atoms with Crippen LogP contribution in [-0.2, 0) is 6.54 Å². The molecule has 0 amide bonds. The number of hydrogen-bond acceptors (Lipinski definition) is 4. The molecule has 0 unspecified atom stereocenters. The highest BCUT2D eigenvalue weighted by Crippen LogP contribution is 2.22. The van der Waals surface area contributed by atoms with Crippen molar-refractivity contribution in [1.82, 2.24) is 4.98 Å². The van der Waals surface area contributed by atoms with E-state index in [0.717, 1.165) is 10.2 Å². The van der Waals surface area contributed by atoms with Crippen molar-refractivity contribution in [3.05, 3.63) is 51.8 Å². The quantitative estimate of drug-likeness (QED) is 0.911. The third kappa shape index (κ3) is 3.24. The molecule has 1 aromatic heterocycles. The molecule has 0 bridgehead atoms. The molecule has 2 aromatic rings. The Morgan fingerprint density at radius 2 is 2.16 bits per heavy atom. The zero-order valence-electron chi connectivity index (χ0n) is 10.3. The molecular formula is C14H12BrN3O. The summed E-state index contributed by atoms with van der Waals surface area (Å²) >= 11 is 3.32. The van der Waals surface area contributed by atoms with Gasteiger partial charge in [0.2, 0.25) is 0 Å². The molecule has 0 radical (unpaired) electrons. The molecule has 2 rings (SSSR count). The third-order valence-electron chi connectivity index (χ3n) is 2.64. The molecule has 0 aliphatic heterocycles. The predicted molar refractivity (Wildman–Crippen MR) is 76.8 cm³/mol. The van der Waals surface area contributed by atoms with E-state index < -0.39 is 0 Å². The molecule has 5 heteroatoms. The van der Waals surface area contributed by atoms with Gasteiger partial charge in [0.05, 0.1) is 17.8 Å². The van der Waals surface area contributed by atoms with Gasteiger partial charge in [0.1, 0.15) is 17.5 Å². The first-order chi connectivity index (χ1) is 9.10. The van der Waals surface area contributed by atoms with Crippen molar-refractivity contribution < 1.29 is 5.11 Å². The van der Waals surface area contributed by atoms with Gasteiger partial charge in [-0.25, -0.2) is 0 Å². The van der Waals surface area contributed by atoms with Crippen molar-refractivity contribution in [3.8, 4) is 11.8 Å². The lowest BCUT2D eigenvalue weighted by atomic mass is 10.2. The summed E-state index contributed by atoms with van der Waals surface area (Å²) in [6.07, 6.45) is 0. The molecule has 96 valence electrons. The van der Waals surface area contributed by atoms with E-state index in [0.29, 0.717) is 23.5 Å². The minimum absolute atomic E-state index is 0.147. The van der Waals surface area contributed by atoms with Gasteiger partial charge in [-0.3, -0.25) is 4.98 Å². The van der Waals surface area contributed by atoms with Crippen LogP contribution >= 0.6 is 15.9 Å². The molecule has 0 saturated carbocycles. The summed E-state index contributed by atoms with van der Waals surface area (Å²) in [6.45, 7) is 2.23. The number of hydrogen-bond donors (Lipinski definition) is 2. The van der Waals surface area contributed by atoms with Gasteiger partial charge in [-0.05, 0) is 37.3 Å². The van der Waals surface area contributed by atoms with Crippen molar-refractivity contribution in [2.24, 2.45) is 0 Å². The summed E-state index contributed by atoms with van der Waals surface area (Å²) in [5.74, 6) is 0.147. The van der Waals surface area contributed by atoms with Gasteiger partial charge < -0.3 is 10.4 Å². The lowest BCUT2D eigenvalue weighted by molar-refractivity contribution is 0.464. The number of pyridine rings is 1. The summed E-state index contributed by atoms with van der Waals surface area (Å²) in [5, 5.41) is 21.9. The maximum absolute atomic E-state index is 9.71. The van der Waals surface area contributed by atoms with Gasteiger partial charge in [0.15, 0.2) is 0 Å². The first-order valence-corrected chi connectivity index (χ1v) is 6.48. The monoisotopic (exact) mass is 317 g/mol. The lowest BCUT2D eigenvalue weighted by Crippen LogP contribution is -2.04. The molecule has 0 saturated heterocycles. The number of aryl methyl sites for hydroxylation is 1. The van der Waals surface area contributed by atoms with Crippen molar-refractivity contribution in [2.75, 3.05) is 5.32 Å². The highest BCUT2D eigenvalue weighted by atomic mass is 79.9. The van der Waals surface area contributed by atoms with Crippen LogP contribution in [0.1, 0.15) is 17.0 Å². The van der Waals surface area contributed by atoms with E-state index in [-0.39, 0.29) is 5.75 Å². The molecule has 19 heavy (non-hydrogen) atoms. The normalized spacial score (nSPS) is 9.95. The minimum atomic E-state index is 0.147. The summed E-state index contributed by atoms with van der Waals surface area (Å²) in [4.78, 5) is 4.26. The fourth-order valence-electron chi connectivity index (χ4n) is 1.68. The summed E-state index contributed by atoms with van der Waals surface area (Å²) < 4.78 is 0.853. The van der Waals surface area contributed by atoms with Crippen LogP contribution in [0.5, 0.6) is 5.75 Å². The SMILES string of the molecule is Cc1ccc(O)c(CNc2ccc(Br)cc2C#N)n1. The fourth-order valence-corrected chi connectivity index (χ4v) is 2.04. The van der Waals surface area contributed by atoms with Crippen molar-refractivity contribution in [3.63, 3.8) is 0 Å². The van der Waals surface area contributed by atoms with Crippen LogP contribution in [0.3, 0.4) is 0 Å². The van der Waals surface area contributed by atoms with Crippen molar-refractivity contribution >= 4 is 21.6 Å². The number of anilines is 1. The molecule has 4 nitrogen and oxygen atoms in total. The number of rotatable bonds is 3. The smallest absolute Gasteiger partial charge is 0.138 e. The molecule has 1 heterocycles. The van der Waals surface area contributed by atoms with E-state index in [4.69, 9.17) is 5.26 Å². The Kier molecular flexibility index (Phi) is 4.03. The van der Waals surface area contributed by atoms with Crippen molar-refractivity contribution in [2.45, 2.75) is 13.5 Å². The lowest BCUT2D eigenvalue weighted by Gasteiger charge is -2.09. The number of nitriles is 1. The largest absolute Gasteiger partial charge is 0.506 e. The van der Waals surface area contributed by atoms with E-state index in [1.165, 1.54) is 0 Å². The Morgan fingerprint density at radius 1 is 1.37 bits per heavy atom. The average molecular weight is 318 g/mol. The van der Waals surface area contributed by atoms with Gasteiger partial charge in [0.25, 0.3) is 0 Å². The number of nitrogens with zero attached hydrogens (tertiary/aromatic N) is 2. The van der Waals surface area contributed by atoms with Crippen LogP contribution < -0.4 is 5.32 Å². The highest BCUT2D eigenvalue weighted by molar-refractivity contribution is 9.10. The van der Waals surface area contributed by atoms with E-state index in [9.17, 15) is 5.11 Å². The number of aromatic nitrogens is 1. The van der Waals surface area contributed by atoms with Gasteiger partial charge in [0, 0.05) is 10.2 Å². The second kappa shape index (κ2) is 5.72. The molecule has 0 spiro atoms. The molecule has 0 atom stereocenters. The Hall–Kier alpha value is -2.06. The van der Waals surface area contributed by atoms with Crippen LogP contribution in [0, 0.1) is 18.3 Å². The Labute approximate surface area is 119 Å². The second-order valence-corrected chi connectivity index (χ2v) is 4.99. The zero-order valence-corrected chi connectivity index (χ0v) is 11.9. The van der Waals surface area contributed by atoms with E-state index in [1.54, 1.807) is 18.2 Å². The van der Waals surface area contributed by atoms with Crippen LogP contribution in [0.25, 0.3) is 0 Å². The molecule has 1 aromatic carbocycles. The summed E-state index contributed by atoms with van der Waals surface area (Å²) in [7, 11) is 0. The first kappa shape index (κ1) is 13.4. The standard InChI is InChI=1S/C14H12BrN3O/c1-9-2-5-14(19)13(18-9)8-17-12-4-3-11(15)6-10(12)7-16/h2-6,17,19H,8H2,1H3. The predicted octanol–water partition coefficient (Wildman–Crippen LogP) is 3.34. The minimum Gasteiger partial charge on any atom is -0.506 e. The zero-order chi connectivity index (χ0) is 13.8. The first-order valence-electron chi connectivity index (χ1n) is 5.69. The number of halogens is 1. The van der Waals surface area contributed by atoms with Gasteiger partial charge >= 0.3 is 0 Å². The van der Waals surface area contributed by atoms with Gasteiger partial charge in [-0.2, -0.15) is 5.26 Å². The maximum atomic E-state index is 9.71. The van der Waals surface area contributed by atoms with Crippen LogP contribution in [0.15, 0.2) is 34.8 Å². The highest BCUT2D eigenvalue weighted by Gasteiger charge is 2.06. The number of benzene rings is 1. The van der Waals surface area contributed by atoms with E-state index >= 15 is 0 Å². The van der Waals surface area contributed by atoms with Gasteiger partial charge in [-0.15, -0.1) is 0 Å². The molecule has 2 N–H and O–H groups in total. The van der Waals surface area contributed by atoms with Gasteiger partial charge in [-0.1, -0.05) is 15.9 Å². The Morgan fingerprint density at radius 3 is 2.89 bits per heavy atom. The average Bonchev–Trinajstić information content (AvgIpc) is 2.40. The topological polar surface area (TPSA) is 68.9 Å². The molecule has 0 aliphatic carbocycles. The summed E-state index contributed by atoms with van der Waals surface area (Å²) in [6, 6.07) is 10.9. The molecular weight excluding hydrogens is 306 g/mol. The van der Waals surface area contributed by atoms with Crippen LogP contribution in [-0.4, -0.2) is 10.1 Å². The third-order valence-corrected chi connectivity index (χ3v) is 3.13. The molecule has 0 aliphatic rings. The summed E-state index contributed by atoms with van der Waals surface area (Å²) in [5.41, 5.74) is 2.66. The Balaban J connectivity index is 2.19. The van der Waals surface area contributed by atoms with Crippen LogP contribution in [0.4, 0.5) is 5.69 Å².